The number of H-pyrrole nitrogens is 1. The summed E-state index contributed by atoms with van der Waals surface area (Å²) in [6, 6.07) is 4.79. The average molecular weight is 280 g/mol. The van der Waals surface area contributed by atoms with Crippen LogP contribution in [-0.4, -0.2) is 29.7 Å². The fraction of sp³-hybridized carbons (Fsp3) is 0.250. The topological polar surface area (TPSA) is 92.1 Å². The van der Waals surface area contributed by atoms with Crippen LogP contribution in [0.5, 0.6) is 0 Å². The van der Waals surface area contributed by atoms with Crippen LogP contribution >= 0.6 is 0 Å². The number of imidazole rings is 1. The van der Waals surface area contributed by atoms with E-state index in [1.165, 1.54) is 17.4 Å². The third kappa shape index (κ3) is 2.94. The van der Waals surface area contributed by atoms with Gasteiger partial charge in [-0.15, -0.1) is 0 Å². The molecule has 0 saturated heterocycles. The van der Waals surface area contributed by atoms with Gasteiger partial charge in [0.25, 0.3) is 0 Å². The second kappa shape index (κ2) is 5.02. The molecule has 2 aromatic rings. The average Bonchev–Trinajstić information content (AvgIpc) is 2.80. The molecule has 0 fully saturated rings. The number of benzene rings is 1. The van der Waals surface area contributed by atoms with E-state index < -0.39 is 10.0 Å². The van der Waals surface area contributed by atoms with Crippen molar-refractivity contribution < 1.29 is 8.42 Å². The molecule has 0 amide bonds. The fourth-order valence-corrected chi connectivity index (χ4v) is 3.06. The molecule has 3 N–H and O–H groups in total. The molecule has 0 unspecified atom stereocenters. The lowest BCUT2D eigenvalue weighted by Crippen LogP contribution is -2.27. The van der Waals surface area contributed by atoms with E-state index in [4.69, 9.17) is 5.73 Å². The Hall–Kier alpha value is -1.86. The Morgan fingerprint density at radius 2 is 2.11 bits per heavy atom. The van der Waals surface area contributed by atoms with Gasteiger partial charge in [-0.3, -0.25) is 0 Å². The molecule has 0 spiro atoms. The molecule has 6 nitrogen and oxygen atoms in total. The maximum atomic E-state index is 12.4. The summed E-state index contributed by atoms with van der Waals surface area (Å²) in [6.45, 7) is 1.99. The highest BCUT2D eigenvalue weighted by molar-refractivity contribution is 7.89. The molecule has 0 atom stereocenters. The molecule has 19 heavy (non-hydrogen) atoms. The Morgan fingerprint density at radius 1 is 1.37 bits per heavy atom. The maximum Gasteiger partial charge on any atom is 0.243 e. The molecule has 1 aromatic heterocycles. The Bertz CT molecular complexity index is 645. The number of nitrogen functional groups attached to an aromatic ring is 1. The number of sulfonamides is 1. The van der Waals surface area contributed by atoms with Crippen molar-refractivity contribution in [1.82, 2.24) is 14.3 Å². The van der Waals surface area contributed by atoms with Crippen LogP contribution in [0.15, 0.2) is 35.5 Å². The Morgan fingerprint density at radius 3 is 2.68 bits per heavy atom. The van der Waals surface area contributed by atoms with E-state index >= 15 is 0 Å². The van der Waals surface area contributed by atoms with Crippen molar-refractivity contribution in [2.75, 3.05) is 12.8 Å². The van der Waals surface area contributed by atoms with Gasteiger partial charge in [0.2, 0.25) is 10.0 Å². The summed E-state index contributed by atoms with van der Waals surface area (Å²) in [5.41, 5.74) is 6.94. The lowest BCUT2D eigenvalue weighted by molar-refractivity contribution is 0.458. The summed E-state index contributed by atoms with van der Waals surface area (Å²) in [5, 5.41) is 0. The lowest BCUT2D eigenvalue weighted by atomic mass is 10.2. The predicted octanol–water partition coefficient (Wildman–Crippen LogP) is 1.12. The Kier molecular flexibility index (Phi) is 3.59. The molecule has 2 rings (SSSR count). The summed E-state index contributed by atoms with van der Waals surface area (Å²) in [6.07, 6.45) is 3.24. The van der Waals surface area contributed by atoms with Crippen LogP contribution in [0.3, 0.4) is 0 Å². The highest BCUT2D eigenvalue weighted by Gasteiger charge is 2.22. The molecular weight excluding hydrogens is 264 g/mol. The monoisotopic (exact) mass is 280 g/mol. The SMILES string of the molecule is Cc1cc(N)cc(S(=O)(=O)N(C)Cc2ncc[nH]2)c1. The standard InChI is InChI=1S/C12H16N4O2S/c1-9-5-10(13)7-11(6-9)19(17,18)16(2)8-12-14-3-4-15-12/h3-7H,8,13H2,1-2H3,(H,14,15). The quantitative estimate of drug-likeness (QED) is 0.821. The molecule has 102 valence electrons. The highest BCUT2D eigenvalue weighted by atomic mass is 32.2. The highest BCUT2D eigenvalue weighted by Crippen LogP contribution is 2.20. The van der Waals surface area contributed by atoms with Crippen LogP contribution in [-0.2, 0) is 16.6 Å². The molecule has 0 bridgehead atoms. The Labute approximate surface area is 112 Å². The fourth-order valence-electron chi connectivity index (χ4n) is 1.79. The van der Waals surface area contributed by atoms with Crippen molar-refractivity contribution in [3.63, 3.8) is 0 Å². The number of nitrogens with one attached hydrogen (secondary N) is 1. The van der Waals surface area contributed by atoms with E-state index in [1.807, 2.05) is 6.92 Å². The van der Waals surface area contributed by atoms with Crippen LogP contribution < -0.4 is 5.73 Å². The third-order valence-electron chi connectivity index (χ3n) is 2.71. The van der Waals surface area contributed by atoms with Gasteiger partial charge in [0, 0.05) is 25.1 Å². The van der Waals surface area contributed by atoms with E-state index in [2.05, 4.69) is 9.97 Å². The van der Waals surface area contributed by atoms with Crippen LogP contribution in [0.25, 0.3) is 0 Å². The van der Waals surface area contributed by atoms with E-state index in [-0.39, 0.29) is 11.4 Å². The molecule has 0 radical (unpaired) electrons. The number of aryl methyl sites for hydroxylation is 1. The van der Waals surface area contributed by atoms with E-state index in [9.17, 15) is 8.42 Å². The predicted molar refractivity (Wildman–Crippen MR) is 72.8 cm³/mol. The molecule has 0 aliphatic rings. The van der Waals surface area contributed by atoms with Crippen molar-refractivity contribution in [2.45, 2.75) is 18.4 Å². The zero-order valence-corrected chi connectivity index (χ0v) is 11.6. The molecule has 1 aromatic carbocycles. The molecule has 1 heterocycles. The van der Waals surface area contributed by atoms with Gasteiger partial charge in [-0.1, -0.05) is 0 Å². The second-order valence-corrected chi connectivity index (χ2v) is 6.42. The van der Waals surface area contributed by atoms with Crippen LogP contribution in [0, 0.1) is 6.92 Å². The number of aromatic nitrogens is 2. The minimum atomic E-state index is -3.57. The molecule has 0 saturated carbocycles. The summed E-state index contributed by atoms with van der Waals surface area (Å²) in [7, 11) is -2.06. The van der Waals surface area contributed by atoms with Crippen LogP contribution in [0.1, 0.15) is 11.4 Å². The number of aromatic amines is 1. The Balaban J connectivity index is 2.31. The number of nitrogens with two attached hydrogens (primary N) is 1. The van der Waals surface area contributed by atoms with Gasteiger partial charge in [0.1, 0.15) is 5.82 Å². The van der Waals surface area contributed by atoms with Crippen LogP contribution in [0.4, 0.5) is 5.69 Å². The van der Waals surface area contributed by atoms with Crippen molar-refractivity contribution >= 4 is 15.7 Å². The van der Waals surface area contributed by atoms with Gasteiger partial charge < -0.3 is 10.7 Å². The summed E-state index contributed by atoms with van der Waals surface area (Å²) in [4.78, 5) is 7.08. The minimum absolute atomic E-state index is 0.184. The normalized spacial score (nSPS) is 11.9. The van der Waals surface area contributed by atoms with E-state index in [1.54, 1.807) is 24.5 Å². The van der Waals surface area contributed by atoms with Gasteiger partial charge >= 0.3 is 0 Å². The lowest BCUT2D eigenvalue weighted by Gasteiger charge is -2.16. The zero-order valence-electron chi connectivity index (χ0n) is 10.8. The van der Waals surface area contributed by atoms with Crippen molar-refractivity contribution in [3.05, 3.63) is 42.0 Å². The summed E-state index contributed by atoms with van der Waals surface area (Å²) >= 11 is 0. The van der Waals surface area contributed by atoms with Crippen molar-refractivity contribution in [3.8, 4) is 0 Å². The second-order valence-electron chi connectivity index (χ2n) is 4.38. The van der Waals surface area contributed by atoms with E-state index in [0.29, 0.717) is 11.5 Å². The first-order chi connectivity index (χ1) is 8.89. The smallest absolute Gasteiger partial charge is 0.243 e. The molecular formula is C12H16N4O2S. The number of hydrogen-bond donors (Lipinski definition) is 2. The van der Waals surface area contributed by atoms with Gasteiger partial charge in [-0.25, -0.2) is 13.4 Å². The molecule has 7 heteroatoms. The number of anilines is 1. The van der Waals surface area contributed by atoms with Gasteiger partial charge in [0.15, 0.2) is 0 Å². The first kappa shape index (κ1) is 13.6. The zero-order chi connectivity index (χ0) is 14.0. The number of nitrogens with zero attached hydrogens (tertiary/aromatic N) is 2. The first-order valence-electron chi connectivity index (χ1n) is 5.71. The van der Waals surface area contributed by atoms with E-state index in [0.717, 1.165) is 5.56 Å². The summed E-state index contributed by atoms with van der Waals surface area (Å²) < 4.78 is 26.0. The van der Waals surface area contributed by atoms with Crippen molar-refractivity contribution in [1.29, 1.82) is 0 Å². The molecule has 0 aliphatic heterocycles. The first-order valence-corrected chi connectivity index (χ1v) is 7.15. The molecule has 0 aliphatic carbocycles. The minimum Gasteiger partial charge on any atom is -0.399 e. The largest absolute Gasteiger partial charge is 0.399 e. The maximum absolute atomic E-state index is 12.4. The third-order valence-corrected chi connectivity index (χ3v) is 4.49. The van der Waals surface area contributed by atoms with Crippen LogP contribution in [0.2, 0.25) is 0 Å². The van der Waals surface area contributed by atoms with Crippen molar-refractivity contribution in [2.24, 2.45) is 0 Å². The number of hydrogen-bond acceptors (Lipinski definition) is 4. The van der Waals surface area contributed by atoms with Gasteiger partial charge in [-0.2, -0.15) is 4.31 Å². The van der Waals surface area contributed by atoms with Gasteiger partial charge in [0.05, 0.1) is 11.4 Å². The van der Waals surface area contributed by atoms with Gasteiger partial charge in [-0.05, 0) is 30.7 Å². The number of rotatable bonds is 4. The summed E-state index contributed by atoms with van der Waals surface area (Å²) in [5.74, 6) is 0.590.